The van der Waals surface area contributed by atoms with Gasteiger partial charge in [0.2, 0.25) is 10.0 Å². The molecule has 2 N–H and O–H groups in total. The molecule has 1 aromatic rings. The Bertz CT molecular complexity index is 459. The van der Waals surface area contributed by atoms with Gasteiger partial charge in [-0.05, 0) is 24.6 Å². The van der Waals surface area contributed by atoms with E-state index in [0.29, 0.717) is 13.1 Å². The Morgan fingerprint density at radius 2 is 1.89 bits per heavy atom. The molecule has 0 aliphatic carbocycles. The van der Waals surface area contributed by atoms with Crippen LogP contribution in [0.15, 0.2) is 24.3 Å². The highest BCUT2D eigenvalue weighted by atomic mass is 32.2. The minimum Gasteiger partial charge on any atom is -0.309 e. The summed E-state index contributed by atoms with van der Waals surface area (Å²) in [5.74, 6) is -0.243. The van der Waals surface area contributed by atoms with Gasteiger partial charge >= 0.3 is 0 Å². The second kappa shape index (κ2) is 6.82. The van der Waals surface area contributed by atoms with E-state index in [-0.39, 0.29) is 17.6 Å². The maximum atomic E-state index is 12.7. The first kappa shape index (κ1) is 15.1. The third kappa shape index (κ3) is 5.12. The quantitative estimate of drug-likeness (QED) is 0.790. The van der Waals surface area contributed by atoms with Gasteiger partial charge in [-0.2, -0.15) is 0 Å². The fraction of sp³-hybridized carbons (Fsp3) is 0.500. The van der Waals surface area contributed by atoms with Crippen LogP contribution in [0, 0.1) is 5.82 Å². The lowest BCUT2D eigenvalue weighted by Gasteiger charge is -2.14. The van der Waals surface area contributed by atoms with Crippen LogP contribution >= 0.6 is 0 Å². The maximum Gasteiger partial charge on any atom is 0.212 e. The van der Waals surface area contributed by atoms with Gasteiger partial charge in [0.25, 0.3) is 0 Å². The van der Waals surface area contributed by atoms with E-state index in [4.69, 9.17) is 0 Å². The van der Waals surface area contributed by atoms with Crippen LogP contribution < -0.4 is 10.0 Å². The van der Waals surface area contributed by atoms with Crippen LogP contribution in [0.2, 0.25) is 0 Å². The molecule has 0 aliphatic rings. The summed E-state index contributed by atoms with van der Waals surface area (Å²) in [4.78, 5) is 0. The summed E-state index contributed by atoms with van der Waals surface area (Å²) >= 11 is 0. The summed E-state index contributed by atoms with van der Waals surface area (Å²) in [5, 5.41) is 3.09. The third-order valence-corrected chi connectivity index (χ3v) is 4.03. The average Bonchev–Trinajstić information content (AvgIpc) is 2.29. The van der Waals surface area contributed by atoms with Crippen molar-refractivity contribution in [2.45, 2.75) is 19.9 Å². The molecule has 1 unspecified atom stereocenters. The molecule has 0 spiro atoms. The molecule has 6 heteroatoms. The Morgan fingerprint density at radius 1 is 1.28 bits per heavy atom. The summed E-state index contributed by atoms with van der Waals surface area (Å²) in [7, 11) is -3.19. The van der Waals surface area contributed by atoms with Crippen molar-refractivity contribution in [1.82, 2.24) is 10.0 Å². The van der Waals surface area contributed by atoms with Gasteiger partial charge in [-0.1, -0.05) is 19.1 Å². The lowest BCUT2D eigenvalue weighted by molar-refractivity contribution is 0.563. The molecule has 0 heterocycles. The van der Waals surface area contributed by atoms with E-state index < -0.39 is 10.0 Å². The van der Waals surface area contributed by atoms with Crippen molar-refractivity contribution in [2.75, 3.05) is 18.8 Å². The van der Waals surface area contributed by atoms with Crippen LogP contribution in [0.25, 0.3) is 0 Å². The molecule has 0 aromatic heterocycles. The second-order valence-corrected chi connectivity index (χ2v) is 5.97. The smallest absolute Gasteiger partial charge is 0.212 e. The third-order valence-electron chi connectivity index (χ3n) is 2.56. The summed E-state index contributed by atoms with van der Waals surface area (Å²) in [6, 6.07) is 6.14. The number of hydrogen-bond acceptors (Lipinski definition) is 3. The first-order chi connectivity index (χ1) is 8.44. The molecule has 1 aromatic carbocycles. The molecular weight excluding hydrogens is 255 g/mol. The van der Waals surface area contributed by atoms with Gasteiger partial charge in [0.15, 0.2) is 0 Å². The van der Waals surface area contributed by atoms with Crippen molar-refractivity contribution in [3.8, 4) is 0 Å². The van der Waals surface area contributed by atoms with Crippen LogP contribution in [-0.2, 0) is 10.0 Å². The van der Waals surface area contributed by atoms with Crippen LogP contribution in [0.1, 0.15) is 25.5 Å². The van der Waals surface area contributed by atoms with Crippen molar-refractivity contribution in [3.63, 3.8) is 0 Å². The zero-order chi connectivity index (χ0) is 13.6. The molecule has 0 saturated carbocycles. The molecule has 0 radical (unpaired) electrons. The largest absolute Gasteiger partial charge is 0.309 e. The molecular formula is C12H19FN2O2S. The number of halogens is 1. The Morgan fingerprint density at radius 3 is 2.44 bits per heavy atom. The van der Waals surface area contributed by atoms with E-state index in [2.05, 4.69) is 10.0 Å². The van der Waals surface area contributed by atoms with Crippen LogP contribution in [0.4, 0.5) is 4.39 Å². The van der Waals surface area contributed by atoms with E-state index >= 15 is 0 Å². The number of benzene rings is 1. The van der Waals surface area contributed by atoms with Crippen molar-refractivity contribution >= 4 is 10.0 Å². The van der Waals surface area contributed by atoms with Gasteiger partial charge in [0, 0.05) is 19.1 Å². The molecule has 18 heavy (non-hydrogen) atoms. The van der Waals surface area contributed by atoms with Gasteiger partial charge in [0.05, 0.1) is 5.75 Å². The Hall–Kier alpha value is -0.980. The van der Waals surface area contributed by atoms with Gasteiger partial charge in [-0.25, -0.2) is 17.5 Å². The number of hydrogen-bond donors (Lipinski definition) is 2. The summed E-state index contributed by atoms with van der Waals surface area (Å²) in [6.45, 7) is 4.41. The molecule has 0 fully saturated rings. The van der Waals surface area contributed by atoms with E-state index in [0.717, 1.165) is 5.56 Å². The SMILES string of the molecule is CCNS(=O)(=O)CCNC(C)c1ccc(F)cc1. The fourth-order valence-electron chi connectivity index (χ4n) is 1.57. The molecule has 102 valence electrons. The highest BCUT2D eigenvalue weighted by molar-refractivity contribution is 7.89. The van der Waals surface area contributed by atoms with Crippen molar-refractivity contribution in [1.29, 1.82) is 0 Å². The molecule has 0 amide bonds. The Labute approximate surface area is 108 Å². The van der Waals surface area contributed by atoms with Crippen molar-refractivity contribution in [3.05, 3.63) is 35.6 Å². The normalized spacial score (nSPS) is 13.5. The molecule has 1 rings (SSSR count). The minimum atomic E-state index is -3.19. The number of rotatable bonds is 7. The molecule has 1 atom stereocenters. The zero-order valence-corrected chi connectivity index (χ0v) is 11.4. The van der Waals surface area contributed by atoms with Crippen LogP contribution in [0.3, 0.4) is 0 Å². The summed E-state index contributed by atoms with van der Waals surface area (Å²) in [5.41, 5.74) is 0.928. The molecule has 0 bridgehead atoms. The predicted octanol–water partition coefficient (Wildman–Crippen LogP) is 1.42. The summed E-state index contributed by atoms with van der Waals surface area (Å²) < 4.78 is 37.9. The van der Waals surface area contributed by atoms with E-state index in [1.165, 1.54) is 12.1 Å². The highest BCUT2D eigenvalue weighted by Crippen LogP contribution is 2.12. The zero-order valence-electron chi connectivity index (χ0n) is 10.6. The molecule has 4 nitrogen and oxygen atoms in total. The van der Waals surface area contributed by atoms with Gasteiger partial charge in [0.1, 0.15) is 5.82 Å². The van der Waals surface area contributed by atoms with Crippen molar-refractivity contribution < 1.29 is 12.8 Å². The van der Waals surface area contributed by atoms with Gasteiger partial charge in [-0.3, -0.25) is 0 Å². The fourth-order valence-corrected chi connectivity index (χ4v) is 2.54. The van der Waals surface area contributed by atoms with E-state index in [9.17, 15) is 12.8 Å². The topological polar surface area (TPSA) is 58.2 Å². The van der Waals surface area contributed by atoms with Crippen molar-refractivity contribution in [2.24, 2.45) is 0 Å². The Balaban J connectivity index is 2.42. The molecule has 0 saturated heterocycles. The minimum absolute atomic E-state index is 0.0116. The van der Waals surface area contributed by atoms with Crippen LogP contribution in [-0.4, -0.2) is 27.3 Å². The highest BCUT2D eigenvalue weighted by Gasteiger charge is 2.10. The predicted molar refractivity (Wildman–Crippen MR) is 70.3 cm³/mol. The standard InChI is InChI=1S/C12H19FN2O2S/c1-3-15-18(16,17)9-8-14-10(2)11-4-6-12(13)7-5-11/h4-7,10,14-15H,3,8-9H2,1-2H3. The first-order valence-corrected chi connectivity index (χ1v) is 7.56. The lowest BCUT2D eigenvalue weighted by atomic mass is 10.1. The van der Waals surface area contributed by atoms with Gasteiger partial charge in [-0.15, -0.1) is 0 Å². The average molecular weight is 274 g/mol. The monoisotopic (exact) mass is 274 g/mol. The molecule has 0 aliphatic heterocycles. The van der Waals surface area contributed by atoms with Gasteiger partial charge < -0.3 is 5.32 Å². The van der Waals surface area contributed by atoms with Crippen LogP contribution in [0.5, 0.6) is 0 Å². The van der Waals surface area contributed by atoms with E-state index in [1.54, 1.807) is 19.1 Å². The number of sulfonamides is 1. The van der Waals surface area contributed by atoms with E-state index in [1.807, 2.05) is 6.92 Å². The first-order valence-electron chi connectivity index (χ1n) is 5.91. The maximum absolute atomic E-state index is 12.7. The lowest BCUT2D eigenvalue weighted by Crippen LogP contribution is -2.32. The number of nitrogens with one attached hydrogen (secondary N) is 2. The summed E-state index contributed by atoms with van der Waals surface area (Å²) in [6.07, 6.45) is 0. The Kier molecular flexibility index (Phi) is 5.71. The second-order valence-electron chi connectivity index (χ2n) is 4.04.